The second kappa shape index (κ2) is 3.09. The Bertz CT molecular complexity index is 350. The van der Waals surface area contributed by atoms with Crippen molar-refractivity contribution >= 4 is 0 Å². The van der Waals surface area contributed by atoms with Crippen LogP contribution in [0.4, 0.5) is 0 Å². The summed E-state index contributed by atoms with van der Waals surface area (Å²) in [7, 11) is 0. The third-order valence-electron chi connectivity index (χ3n) is 3.27. The second-order valence-corrected chi connectivity index (χ2v) is 4.32. The Balaban J connectivity index is 2.07. The summed E-state index contributed by atoms with van der Waals surface area (Å²) >= 11 is 0. The zero-order chi connectivity index (χ0) is 9.54. The summed E-state index contributed by atoms with van der Waals surface area (Å²) < 4.78 is 2.47. The summed E-state index contributed by atoms with van der Waals surface area (Å²) in [6.07, 6.45) is 3.78. The number of nitrogens with one attached hydrogen (secondary N) is 1. The van der Waals surface area contributed by atoms with Crippen LogP contribution in [-0.4, -0.2) is 16.1 Å². The van der Waals surface area contributed by atoms with E-state index in [2.05, 4.69) is 16.8 Å². The first kappa shape index (κ1) is 8.48. The molecule has 2 heterocycles. The van der Waals surface area contributed by atoms with Crippen molar-refractivity contribution in [1.29, 1.82) is 0 Å². The molecule has 0 unspecified atom stereocenters. The minimum atomic E-state index is 0.784. The van der Waals surface area contributed by atoms with Gasteiger partial charge in [0.05, 0.1) is 11.4 Å². The third-order valence-corrected chi connectivity index (χ3v) is 3.27. The van der Waals surface area contributed by atoms with Crippen LogP contribution in [0.25, 0.3) is 0 Å². The smallest absolute Gasteiger partial charge is 0.112 e. The first-order chi connectivity index (χ1) is 6.90. The Morgan fingerprint density at radius 1 is 1.50 bits per heavy atom. The predicted molar refractivity (Wildman–Crippen MR) is 55.3 cm³/mol. The molecular weight excluding hydrogens is 174 g/mol. The molecule has 1 fully saturated rings. The van der Waals surface area contributed by atoms with E-state index in [1.54, 1.807) is 0 Å². The van der Waals surface area contributed by atoms with Crippen molar-refractivity contribution in [2.75, 3.05) is 6.54 Å². The normalized spacial score (nSPS) is 20.9. The Morgan fingerprint density at radius 2 is 2.36 bits per heavy atom. The number of aromatic nitrogens is 2. The fraction of sp³-hybridized carbons (Fsp3) is 0.727. The van der Waals surface area contributed by atoms with Crippen LogP contribution in [-0.2, 0) is 19.5 Å². The van der Waals surface area contributed by atoms with Crippen LogP contribution in [0.3, 0.4) is 0 Å². The Labute approximate surface area is 84.5 Å². The van der Waals surface area contributed by atoms with Gasteiger partial charge in [-0.15, -0.1) is 0 Å². The summed E-state index contributed by atoms with van der Waals surface area (Å²) in [6.45, 7) is 5.44. The standard InChI is InChI=1S/C11H17N3/c1-2-9-10-7-12-5-6-14(10)11(13-9)8-3-4-8/h8,12H,2-7H2,1H3. The van der Waals surface area contributed by atoms with E-state index < -0.39 is 0 Å². The lowest BCUT2D eigenvalue weighted by atomic mass is 10.2. The molecule has 1 aliphatic heterocycles. The molecule has 2 aliphatic rings. The van der Waals surface area contributed by atoms with Crippen LogP contribution >= 0.6 is 0 Å². The zero-order valence-corrected chi connectivity index (χ0v) is 8.71. The highest BCUT2D eigenvalue weighted by Crippen LogP contribution is 2.40. The molecule has 0 aromatic carbocycles. The van der Waals surface area contributed by atoms with E-state index in [-0.39, 0.29) is 0 Å². The molecule has 1 aromatic rings. The third kappa shape index (κ3) is 1.19. The van der Waals surface area contributed by atoms with Crippen molar-refractivity contribution in [3.05, 3.63) is 17.2 Å². The Kier molecular flexibility index (Phi) is 1.87. The summed E-state index contributed by atoms with van der Waals surface area (Å²) in [6, 6.07) is 0. The molecule has 0 bridgehead atoms. The molecule has 0 amide bonds. The lowest BCUT2D eigenvalue weighted by Gasteiger charge is -2.18. The van der Waals surface area contributed by atoms with Crippen molar-refractivity contribution in [1.82, 2.24) is 14.9 Å². The van der Waals surface area contributed by atoms with Crippen LogP contribution in [0.1, 0.15) is 42.9 Å². The Morgan fingerprint density at radius 3 is 3.07 bits per heavy atom. The predicted octanol–water partition coefficient (Wildman–Crippen LogP) is 1.43. The molecule has 0 radical (unpaired) electrons. The van der Waals surface area contributed by atoms with Gasteiger partial charge in [0.1, 0.15) is 5.82 Å². The summed E-state index contributed by atoms with van der Waals surface area (Å²) in [5, 5.41) is 3.43. The van der Waals surface area contributed by atoms with Gasteiger partial charge in [0, 0.05) is 25.6 Å². The van der Waals surface area contributed by atoms with Crippen molar-refractivity contribution in [3.63, 3.8) is 0 Å². The summed E-state index contributed by atoms with van der Waals surface area (Å²) in [4.78, 5) is 4.80. The van der Waals surface area contributed by atoms with E-state index in [9.17, 15) is 0 Å². The average Bonchev–Trinajstić information content (AvgIpc) is 3.00. The van der Waals surface area contributed by atoms with Crippen LogP contribution < -0.4 is 5.32 Å². The van der Waals surface area contributed by atoms with Crippen molar-refractivity contribution in [3.8, 4) is 0 Å². The molecule has 3 rings (SSSR count). The maximum Gasteiger partial charge on any atom is 0.112 e. The number of rotatable bonds is 2. The van der Waals surface area contributed by atoms with E-state index in [0.29, 0.717) is 0 Å². The minimum absolute atomic E-state index is 0.784. The highest BCUT2D eigenvalue weighted by molar-refractivity contribution is 5.23. The molecule has 1 saturated carbocycles. The SMILES string of the molecule is CCc1nc(C2CC2)n2c1CNCC2. The molecule has 3 nitrogen and oxygen atoms in total. The number of aryl methyl sites for hydroxylation is 1. The molecule has 1 aliphatic carbocycles. The van der Waals surface area contributed by atoms with E-state index in [1.165, 1.54) is 30.1 Å². The van der Waals surface area contributed by atoms with Gasteiger partial charge in [0.25, 0.3) is 0 Å². The molecule has 1 N–H and O–H groups in total. The van der Waals surface area contributed by atoms with E-state index >= 15 is 0 Å². The van der Waals surface area contributed by atoms with Gasteiger partial charge in [0.2, 0.25) is 0 Å². The van der Waals surface area contributed by atoms with Gasteiger partial charge in [-0.2, -0.15) is 0 Å². The monoisotopic (exact) mass is 191 g/mol. The van der Waals surface area contributed by atoms with Crippen LogP contribution in [0.15, 0.2) is 0 Å². The van der Waals surface area contributed by atoms with Crippen molar-refractivity contribution in [2.45, 2.75) is 45.2 Å². The van der Waals surface area contributed by atoms with Gasteiger partial charge in [-0.1, -0.05) is 6.92 Å². The average molecular weight is 191 g/mol. The number of nitrogens with zero attached hydrogens (tertiary/aromatic N) is 2. The maximum absolute atomic E-state index is 4.80. The lowest BCUT2D eigenvalue weighted by molar-refractivity contribution is 0.499. The first-order valence-electron chi connectivity index (χ1n) is 5.69. The van der Waals surface area contributed by atoms with Crippen molar-refractivity contribution in [2.24, 2.45) is 0 Å². The lowest BCUT2D eigenvalue weighted by Crippen LogP contribution is -2.29. The quantitative estimate of drug-likeness (QED) is 0.766. The first-order valence-corrected chi connectivity index (χ1v) is 5.69. The fourth-order valence-electron chi connectivity index (χ4n) is 2.34. The highest BCUT2D eigenvalue weighted by Gasteiger charge is 2.31. The number of hydrogen-bond acceptors (Lipinski definition) is 2. The van der Waals surface area contributed by atoms with Crippen LogP contribution in [0.5, 0.6) is 0 Å². The molecule has 0 saturated heterocycles. The fourth-order valence-corrected chi connectivity index (χ4v) is 2.34. The minimum Gasteiger partial charge on any atom is -0.329 e. The van der Waals surface area contributed by atoms with E-state index in [1.807, 2.05) is 0 Å². The molecule has 3 heteroatoms. The van der Waals surface area contributed by atoms with E-state index in [4.69, 9.17) is 4.98 Å². The van der Waals surface area contributed by atoms with Gasteiger partial charge in [0.15, 0.2) is 0 Å². The molecular formula is C11H17N3. The van der Waals surface area contributed by atoms with Crippen LogP contribution in [0, 0.1) is 0 Å². The largest absolute Gasteiger partial charge is 0.329 e. The summed E-state index contributed by atoms with van der Waals surface area (Å²) in [5.41, 5.74) is 2.76. The van der Waals surface area contributed by atoms with Gasteiger partial charge >= 0.3 is 0 Å². The topological polar surface area (TPSA) is 29.9 Å². The number of fused-ring (bicyclic) bond motifs is 1. The van der Waals surface area contributed by atoms with Crippen molar-refractivity contribution < 1.29 is 0 Å². The highest BCUT2D eigenvalue weighted by atomic mass is 15.2. The van der Waals surface area contributed by atoms with Gasteiger partial charge < -0.3 is 9.88 Å². The number of imidazole rings is 1. The zero-order valence-electron chi connectivity index (χ0n) is 8.71. The maximum atomic E-state index is 4.80. The second-order valence-electron chi connectivity index (χ2n) is 4.32. The van der Waals surface area contributed by atoms with Gasteiger partial charge in [-0.3, -0.25) is 0 Å². The molecule has 0 spiro atoms. The molecule has 76 valence electrons. The molecule has 0 atom stereocenters. The Hall–Kier alpha value is -0.830. The van der Waals surface area contributed by atoms with E-state index in [0.717, 1.165) is 32.0 Å². The number of hydrogen-bond donors (Lipinski definition) is 1. The van der Waals surface area contributed by atoms with Gasteiger partial charge in [-0.25, -0.2) is 4.98 Å². The van der Waals surface area contributed by atoms with Gasteiger partial charge in [-0.05, 0) is 19.3 Å². The van der Waals surface area contributed by atoms with Crippen LogP contribution in [0.2, 0.25) is 0 Å². The molecule has 14 heavy (non-hydrogen) atoms. The summed E-state index contributed by atoms with van der Waals surface area (Å²) in [5.74, 6) is 2.16. The molecule has 1 aromatic heterocycles.